The quantitative estimate of drug-likeness (QED) is 0.847. The molecule has 4 heteroatoms. The summed E-state index contributed by atoms with van der Waals surface area (Å²) in [5.74, 6) is -0.887. The lowest BCUT2D eigenvalue weighted by molar-refractivity contribution is -0.138. The van der Waals surface area contributed by atoms with E-state index < -0.39 is 12.1 Å². The summed E-state index contributed by atoms with van der Waals surface area (Å²) in [7, 11) is 0. The van der Waals surface area contributed by atoms with Gasteiger partial charge in [-0.05, 0) is 22.6 Å². The number of ether oxygens (including phenoxy) is 1. The fraction of sp³-hybridized carbons (Fsp3) is 0.154. The minimum atomic E-state index is -0.887. The Labute approximate surface area is 102 Å². The van der Waals surface area contributed by atoms with Crippen molar-refractivity contribution in [3.05, 3.63) is 46.7 Å². The Kier molecular flexibility index (Phi) is 2.46. The van der Waals surface area contributed by atoms with Gasteiger partial charge in [0.2, 0.25) is 0 Å². The average Bonchev–Trinajstić information content (AvgIpc) is 3.00. The van der Waals surface area contributed by atoms with Gasteiger partial charge in [-0.1, -0.05) is 30.3 Å². The van der Waals surface area contributed by atoms with Crippen LogP contribution in [0.2, 0.25) is 0 Å². The standard InChI is InChI=1S/C13H10O3S/c14-13(15)11-10(16-11)12-9(6-7-17-12)8-4-2-1-3-5-8/h1-7,10-11H,(H,14,15). The number of aliphatic carboxylic acids is 1. The van der Waals surface area contributed by atoms with E-state index in [-0.39, 0.29) is 6.10 Å². The number of benzene rings is 1. The average molecular weight is 246 g/mol. The van der Waals surface area contributed by atoms with Crippen LogP contribution in [0.4, 0.5) is 0 Å². The molecule has 3 nitrogen and oxygen atoms in total. The van der Waals surface area contributed by atoms with Crippen LogP contribution in [-0.4, -0.2) is 17.2 Å². The third-order valence-corrected chi connectivity index (χ3v) is 3.75. The molecule has 3 rings (SSSR count). The highest BCUT2D eigenvalue weighted by Crippen LogP contribution is 2.45. The molecule has 86 valence electrons. The fourth-order valence-electron chi connectivity index (χ4n) is 1.90. The zero-order valence-corrected chi connectivity index (χ0v) is 9.68. The van der Waals surface area contributed by atoms with E-state index in [9.17, 15) is 4.79 Å². The summed E-state index contributed by atoms with van der Waals surface area (Å²) >= 11 is 1.55. The Hall–Kier alpha value is -1.65. The van der Waals surface area contributed by atoms with Crippen LogP contribution in [-0.2, 0) is 9.53 Å². The molecule has 0 amide bonds. The molecule has 1 aliphatic heterocycles. The second-order valence-corrected chi connectivity index (χ2v) is 4.83. The van der Waals surface area contributed by atoms with Crippen LogP contribution in [0.5, 0.6) is 0 Å². The maximum Gasteiger partial charge on any atom is 0.336 e. The molecule has 2 unspecified atom stereocenters. The smallest absolute Gasteiger partial charge is 0.336 e. The second kappa shape index (κ2) is 3.98. The van der Waals surface area contributed by atoms with Gasteiger partial charge in [-0.15, -0.1) is 11.3 Å². The van der Waals surface area contributed by atoms with Crippen molar-refractivity contribution in [2.24, 2.45) is 0 Å². The molecule has 2 aromatic rings. The van der Waals surface area contributed by atoms with Gasteiger partial charge < -0.3 is 9.84 Å². The molecule has 0 radical (unpaired) electrons. The highest BCUT2D eigenvalue weighted by Gasteiger charge is 2.48. The molecule has 2 heterocycles. The molecule has 0 saturated carbocycles. The lowest BCUT2D eigenvalue weighted by Gasteiger charge is -2.00. The van der Waals surface area contributed by atoms with Crippen molar-refractivity contribution in [3.63, 3.8) is 0 Å². The van der Waals surface area contributed by atoms with Gasteiger partial charge in [0, 0.05) is 4.88 Å². The maximum atomic E-state index is 10.8. The first kappa shape index (κ1) is 10.5. The Morgan fingerprint density at radius 1 is 1.24 bits per heavy atom. The van der Waals surface area contributed by atoms with Crippen LogP contribution in [0.25, 0.3) is 11.1 Å². The topological polar surface area (TPSA) is 49.8 Å². The molecule has 1 aliphatic rings. The predicted molar refractivity (Wildman–Crippen MR) is 65.0 cm³/mol. The molecule has 2 atom stereocenters. The highest BCUT2D eigenvalue weighted by molar-refractivity contribution is 7.10. The summed E-state index contributed by atoms with van der Waals surface area (Å²) < 4.78 is 5.20. The lowest BCUT2D eigenvalue weighted by atomic mass is 10.0. The van der Waals surface area contributed by atoms with Gasteiger partial charge in [0.05, 0.1) is 0 Å². The molecule has 0 bridgehead atoms. The first-order valence-corrected chi connectivity index (χ1v) is 6.16. The van der Waals surface area contributed by atoms with E-state index in [1.165, 1.54) is 0 Å². The molecule has 1 aromatic carbocycles. The van der Waals surface area contributed by atoms with E-state index in [1.54, 1.807) is 11.3 Å². The summed E-state index contributed by atoms with van der Waals surface area (Å²) in [6, 6.07) is 11.9. The van der Waals surface area contributed by atoms with Crippen molar-refractivity contribution in [2.75, 3.05) is 0 Å². The molecule has 1 saturated heterocycles. The monoisotopic (exact) mass is 246 g/mol. The van der Waals surface area contributed by atoms with E-state index in [1.807, 2.05) is 41.8 Å². The van der Waals surface area contributed by atoms with Crippen LogP contribution in [0, 0.1) is 0 Å². The molecule has 17 heavy (non-hydrogen) atoms. The molecule has 1 aromatic heterocycles. The molecular formula is C13H10O3S. The van der Waals surface area contributed by atoms with Crippen LogP contribution in [0.3, 0.4) is 0 Å². The summed E-state index contributed by atoms with van der Waals surface area (Å²) in [5.41, 5.74) is 2.17. The number of carbonyl (C=O) groups is 1. The minimum absolute atomic E-state index is 0.275. The van der Waals surface area contributed by atoms with Crippen molar-refractivity contribution in [2.45, 2.75) is 12.2 Å². The summed E-state index contributed by atoms with van der Waals surface area (Å²) in [6.07, 6.45) is -0.946. The van der Waals surface area contributed by atoms with Crippen LogP contribution >= 0.6 is 11.3 Å². The molecule has 1 N–H and O–H groups in total. The molecule has 1 fully saturated rings. The summed E-state index contributed by atoms with van der Waals surface area (Å²) in [4.78, 5) is 11.8. The number of carboxylic acid groups (broad SMARTS) is 1. The van der Waals surface area contributed by atoms with Crippen LogP contribution in [0.1, 0.15) is 11.0 Å². The zero-order chi connectivity index (χ0) is 11.8. The van der Waals surface area contributed by atoms with E-state index in [4.69, 9.17) is 9.84 Å². The van der Waals surface area contributed by atoms with Gasteiger partial charge >= 0.3 is 5.97 Å². The fourth-order valence-corrected chi connectivity index (χ4v) is 2.87. The Morgan fingerprint density at radius 2 is 2.00 bits per heavy atom. The van der Waals surface area contributed by atoms with Gasteiger partial charge in [0.15, 0.2) is 6.10 Å². The first-order chi connectivity index (χ1) is 8.27. The minimum Gasteiger partial charge on any atom is -0.479 e. The van der Waals surface area contributed by atoms with Gasteiger partial charge in [-0.25, -0.2) is 4.79 Å². The third-order valence-electron chi connectivity index (χ3n) is 2.77. The zero-order valence-electron chi connectivity index (χ0n) is 8.87. The number of carboxylic acids is 1. The summed E-state index contributed by atoms with van der Waals surface area (Å²) in [6.45, 7) is 0. The number of thiophene rings is 1. The summed E-state index contributed by atoms with van der Waals surface area (Å²) in [5, 5.41) is 10.8. The number of rotatable bonds is 3. The van der Waals surface area contributed by atoms with E-state index in [2.05, 4.69) is 0 Å². The van der Waals surface area contributed by atoms with Crippen LogP contribution in [0.15, 0.2) is 41.8 Å². The van der Waals surface area contributed by atoms with E-state index >= 15 is 0 Å². The largest absolute Gasteiger partial charge is 0.479 e. The second-order valence-electron chi connectivity index (χ2n) is 3.88. The van der Waals surface area contributed by atoms with E-state index in [0.29, 0.717) is 0 Å². The number of epoxide rings is 1. The first-order valence-electron chi connectivity index (χ1n) is 5.28. The van der Waals surface area contributed by atoms with Gasteiger partial charge in [-0.3, -0.25) is 0 Å². The SMILES string of the molecule is O=C(O)C1OC1c1sccc1-c1ccccc1. The van der Waals surface area contributed by atoms with E-state index in [0.717, 1.165) is 16.0 Å². The highest BCUT2D eigenvalue weighted by atomic mass is 32.1. The van der Waals surface area contributed by atoms with Crippen molar-refractivity contribution in [3.8, 4) is 11.1 Å². The van der Waals surface area contributed by atoms with Crippen molar-refractivity contribution >= 4 is 17.3 Å². The van der Waals surface area contributed by atoms with Crippen LogP contribution < -0.4 is 0 Å². The Morgan fingerprint density at radius 3 is 2.65 bits per heavy atom. The molecular weight excluding hydrogens is 236 g/mol. The third kappa shape index (κ3) is 1.85. The Balaban J connectivity index is 1.94. The maximum absolute atomic E-state index is 10.8. The lowest BCUT2D eigenvalue weighted by Crippen LogP contribution is -2.04. The number of hydrogen-bond acceptors (Lipinski definition) is 3. The predicted octanol–water partition coefficient (Wildman–Crippen LogP) is 2.94. The van der Waals surface area contributed by atoms with Gasteiger partial charge in [0.1, 0.15) is 6.10 Å². The number of hydrogen-bond donors (Lipinski definition) is 1. The molecule has 0 spiro atoms. The van der Waals surface area contributed by atoms with Gasteiger partial charge in [0.25, 0.3) is 0 Å². The van der Waals surface area contributed by atoms with Crippen molar-refractivity contribution < 1.29 is 14.6 Å². The molecule has 0 aliphatic carbocycles. The van der Waals surface area contributed by atoms with Crippen molar-refractivity contribution in [1.82, 2.24) is 0 Å². The van der Waals surface area contributed by atoms with Crippen molar-refractivity contribution in [1.29, 1.82) is 0 Å². The Bertz CT molecular complexity index is 547. The van der Waals surface area contributed by atoms with Gasteiger partial charge in [-0.2, -0.15) is 0 Å². The normalized spacial score (nSPS) is 22.4.